The summed E-state index contributed by atoms with van der Waals surface area (Å²) in [6.07, 6.45) is 0. The lowest BCUT2D eigenvalue weighted by Gasteiger charge is -2.31. The minimum absolute atomic E-state index is 0.0437. The van der Waals surface area contributed by atoms with E-state index in [-0.39, 0.29) is 5.78 Å². The lowest BCUT2D eigenvalue weighted by Crippen LogP contribution is -2.37. The first-order chi connectivity index (χ1) is 11.6. The predicted octanol–water partition coefficient (Wildman–Crippen LogP) is 3.38. The summed E-state index contributed by atoms with van der Waals surface area (Å²) in [5, 5.41) is 0. The van der Waals surface area contributed by atoms with Crippen LogP contribution in [0, 0.1) is 13.8 Å². The van der Waals surface area contributed by atoms with Crippen LogP contribution in [-0.2, 0) is 4.74 Å². The molecule has 2 aromatic carbocycles. The third-order valence-electron chi connectivity index (χ3n) is 4.56. The molecule has 1 aliphatic rings. The van der Waals surface area contributed by atoms with Crippen molar-refractivity contribution in [3.05, 3.63) is 58.7 Å². The van der Waals surface area contributed by atoms with Crippen molar-refractivity contribution < 1.29 is 14.3 Å². The monoisotopic (exact) mass is 325 g/mol. The predicted molar refractivity (Wildman–Crippen MR) is 95.4 cm³/mol. The van der Waals surface area contributed by atoms with Crippen molar-refractivity contribution in [1.82, 2.24) is 0 Å². The second kappa shape index (κ2) is 7.05. The third kappa shape index (κ3) is 3.29. The molecular formula is C20H23NO3. The Morgan fingerprint density at radius 2 is 1.67 bits per heavy atom. The minimum atomic E-state index is 0.0437. The Bertz CT molecular complexity index is 731. The number of carbonyl (C=O) groups excluding carboxylic acids is 1. The second-order valence-electron chi connectivity index (χ2n) is 6.11. The average Bonchev–Trinajstić information content (AvgIpc) is 2.64. The molecule has 0 N–H and O–H groups in total. The summed E-state index contributed by atoms with van der Waals surface area (Å²) in [5.74, 6) is 0.794. The van der Waals surface area contributed by atoms with E-state index < -0.39 is 0 Å². The highest BCUT2D eigenvalue weighted by Gasteiger charge is 2.21. The van der Waals surface area contributed by atoms with Gasteiger partial charge in [0.2, 0.25) is 0 Å². The van der Waals surface area contributed by atoms with Gasteiger partial charge in [-0.1, -0.05) is 0 Å². The van der Waals surface area contributed by atoms with Crippen LogP contribution in [0.1, 0.15) is 27.0 Å². The van der Waals surface area contributed by atoms with E-state index >= 15 is 0 Å². The molecule has 4 heteroatoms. The molecule has 0 unspecified atom stereocenters. The number of hydrogen-bond donors (Lipinski definition) is 0. The fraction of sp³-hybridized carbons (Fsp3) is 0.350. The zero-order valence-corrected chi connectivity index (χ0v) is 14.5. The van der Waals surface area contributed by atoms with Gasteiger partial charge in [0.05, 0.1) is 20.3 Å². The van der Waals surface area contributed by atoms with E-state index in [1.165, 1.54) is 5.56 Å². The number of ketones is 1. The number of ether oxygens (including phenoxy) is 2. The summed E-state index contributed by atoms with van der Waals surface area (Å²) in [6.45, 7) is 7.15. The highest BCUT2D eigenvalue weighted by molar-refractivity contribution is 6.12. The van der Waals surface area contributed by atoms with E-state index in [4.69, 9.17) is 9.47 Å². The number of aryl methyl sites for hydroxylation is 2. The molecule has 0 atom stereocenters. The normalized spacial score (nSPS) is 14.5. The Kier molecular flexibility index (Phi) is 4.86. The zero-order valence-electron chi connectivity index (χ0n) is 14.5. The molecule has 0 spiro atoms. The van der Waals surface area contributed by atoms with Crippen LogP contribution in [0.5, 0.6) is 5.75 Å². The highest BCUT2D eigenvalue weighted by atomic mass is 16.5. The van der Waals surface area contributed by atoms with Crippen molar-refractivity contribution in [2.45, 2.75) is 13.8 Å². The second-order valence-corrected chi connectivity index (χ2v) is 6.11. The SMILES string of the molecule is COc1ccc(C(=O)c2cc(C)c(C)cc2N2CCOCC2)cc1. The average molecular weight is 325 g/mol. The molecule has 1 heterocycles. The number of methoxy groups -OCH3 is 1. The van der Waals surface area contributed by atoms with Crippen LogP contribution in [0.4, 0.5) is 5.69 Å². The van der Waals surface area contributed by atoms with Crippen LogP contribution in [0.25, 0.3) is 0 Å². The fourth-order valence-electron chi connectivity index (χ4n) is 2.95. The van der Waals surface area contributed by atoms with Crippen LogP contribution in [0.2, 0.25) is 0 Å². The Morgan fingerprint density at radius 1 is 1.04 bits per heavy atom. The lowest BCUT2D eigenvalue weighted by molar-refractivity contribution is 0.103. The van der Waals surface area contributed by atoms with Gasteiger partial charge in [-0.25, -0.2) is 0 Å². The number of benzene rings is 2. The molecule has 0 bridgehead atoms. The van der Waals surface area contributed by atoms with Gasteiger partial charge >= 0.3 is 0 Å². The van der Waals surface area contributed by atoms with E-state index in [2.05, 4.69) is 17.9 Å². The van der Waals surface area contributed by atoms with Crippen LogP contribution in [0.15, 0.2) is 36.4 Å². The topological polar surface area (TPSA) is 38.8 Å². The molecular weight excluding hydrogens is 302 g/mol. The maximum atomic E-state index is 13.1. The van der Waals surface area contributed by atoms with Gasteiger partial charge in [0, 0.05) is 29.9 Å². The number of rotatable bonds is 4. The largest absolute Gasteiger partial charge is 0.497 e. The van der Waals surface area contributed by atoms with Gasteiger partial charge in [-0.2, -0.15) is 0 Å². The van der Waals surface area contributed by atoms with E-state index in [9.17, 15) is 4.79 Å². The maximum absolute atomic E-state index is 13.1. The first kappa shape index (κ1) is 16.5. The van der Waals surface area contributed by atoms with Crippen molar-refractivity contribution in [1.29, 1.82) is 0 Å². The van der Waals surface area contributed by atoms with Gasteiger partial charge in [-0.3, -0.25) is 4.79 Å². The van der Waals surface area contributed by atoms with E-state index in [0.29, 0.717) is 18.8 Å². The van der Waals surface area contributed by atoms with E-state index in [1.807, 2.05) is 37.3 Å². The molecule has 1 fully saturated rings. The van der Waals surface area contributed by atoms with Crippen LogP contribution in [0.3, 0.4) is 0 Å². The first-order valence-corrected chi connectivity index (χ1v) is 8.23. The third-order valence-corrected chi connectivity index (χ3v) is 4.56. The molecule has 126 valence electrons. The Balaban J connectivity index is 2.01. The fourth-order valence-corrected chi connectivity index (χ4v) is 2.95. The van der Waals surface area contributed by atoms with Gasteiger partial charge in [0.25, 0.3) is 0 Å². The molecule has 2 aromatic rings. The summed E-state index contributed by atoms with van der Waals surface area (Å²) in [4.78, 5) is 15.3. The minimum Gasteiger partial charge on any atom is -0.497 e. The number of anilines is 1. The van der Waals surface area contributed by atoms with Crippen molar-refractivity contribution in [3.63, 3.8) is 0 Å². The van der Waals surface area contributed by atoms with Gasteiger partial charge < -0.3 is 14.4 Å². The molecule has 4 nitrogen and oxygen atoms in total. The molecule has 0 aliphatic carbocycles. The Morgan fingerprint density at radius 3 is 2.29 bits per heavy atom. The first-order valence-electron chi connectivity index (χ1n) is 8.23. The molecule has 0 aromatic heterocycles. The summed E-state index contributed by atoms with van der Waals surface area (Å²) in [7, 11) is 1.62. The van der Waals surface area contributed by atoms with Crippen LogP contribution < -0.4 is 9.64 Å². The molecule has 1 saturated heterocycles. The summed E-state index contributed by atoms with van der Waals surface area (Å²) < 4.78 is 10.6. The highest BCUT2D eigenvalue weighted by Crippen LogP contribution is 2.28. The van der Waals surface area contributed by atoms with Gasteiger partial charge in [-0.15, -0.1) is 0 Å². The molecule has 0 radical (unpaired) electrons. The number of carbonyl (C=O) groups is 1. The number of morpholine rings is 1. The Hall–Kier alpha value is -2.33. The molecule has 1 aliphatic heterocycles. The number of hydrogen-bond acceptors (Lipinski definition) is 4. The van der Waals surface area contributed by atoms with Gasteiger partial charge in [0.15, 0.2) is 5.78 Å². The maximum Gasteiger partial charge on any atom is 0.195 e. The van der Waals surface area contributed by atoms with Gasteiger partial charge in [-0.05, 0) is 61.4 Å². The summed E-state index contributed by atoms with van der Waals surface area (Å²) in [5.41, 5.74) is 4.76. The Labute approximate surface area is 143 Å². The van der Waals surface area contributed by atoms with Crippen molar-refractivity contribution in [2.24, 2.45) is 0 Å². The molecule has 0 amide bonds. The smallest absolute Gasteiger partial charge is 0.195 e. The van der Waals surface area contributed by atoms with Gasteiger partial charge in [0.1, 0.15) is 5.75 Å². The van der Waals surface area contributed by atoms with Crippen molar-refractivity contribution in [3.8, 4) is 5.75 Å². The van der Waals surface area contributed by atoms with E-state index in [1.54, 1.807) is 7.11 Å². The van der Waals surface area contributed by atoms with Crippen LogP contribution >= 0.6 is 0 Å². The summed E-state index contributed by atoms with van der Waals surface area (Å²) >= 11 is 0. The lowest BCUT2D eigenvalue weighted by atomic mass is 9.96. The molecule has 24 heavy (non-hydrogen) atoms. The van der Waals surface area contributed by atoms with Crippen molar-refractivity contribution >= 4 is 11.5 Å². The van der Waals surface area contributed by atoms with Crippen molar-refractivity contribution in [2.75, 3.05) is 38.3 Å². The molecule has 3 rings (SSSR count). The van der Waals surface area contributed by atoms with Crippen LogP contribution in [-0.4, -0.2) is 39.2 Å². The standard InChI is InChI=1S/C20H23NO3/c1-14-12-18(20(22)16-4-6-17(23-3)7-5-16)19(13-15(14)2)21-8-10-24-11-9-21/h4-7,12-13H,8-11H2,1-3H3. The zero-order chi connectivity index (χ0) is 17.1. The quantitative estimate of drug-likeness (QED) is 0.808. The molecule has 0 saturated carbocycles. The summed E-state index contributed by atoms with van der Waals surface area (Å²) in [6, 6.07) is 11.4. The van der Waals surface area contributed by atoms with E-state index in [0.717, 1.165) is 35.7 Å². The number of nitrogens with zero attached hydrogens (tertiary/aromatic N) is 1.